The third-order valence-corrected chi connectivity index (χ3v) is 4.56. The van der Waals surface area contributed by atoms with Gasteiger partial charge in [-0.1, -0.05) is 6.07 Å². The summed E-state index contributed by atoms with van der Waals surface area (Å²) in [6, 6.07) is 7.69. The zero-order valence-corrected chi connectivity index (χ0v) is 15.7. The van der Waals surface area contributed by atoms with E-state index in [0.29, 0.717) is 37.6 Å². The van der Waals surface area contributed by atoms with Gasteiger partial charge in [0.2, 0.25) is 0 Å². The van der Waals surface area contributed by atoms with Crippen LogP contribution in [0.25, 0.3) is 0 Å². The fourth-order valence-electron chi connectivity index (χ4n) is 2.97. The fourth-order valence-corrected chi connectivity index (χ4v) is 2.97. The number of pyridine rings is 1. The van der Waals surface area contributed by atoms with E-state index in [1.807, 2.05) is 0 Å². The predicted molar refractivity (Wildman–Crippen MR) is 103 cm³/mol. The molecular formula is C20H23FN4O3. The summed E-state index contributed by atoms with van der Waals surface area (Å²) in [6.07, 6.45) is 1.42. The van der Waals surface area contributed by atoms with Crippen LogP contribution in [0.3, 0.4) is 0 Å². The van der Waals surface area contributed by atoms with Crippen molar-refractivity contribution in [2.24, 2.45) is 5.73 Å². The van der Waals surface area contributed by atoms with Crippen LogP contribution >= 0.6 is 0 Å². The number of ketones is 1. The van der Waals surface area contributed by atoms with Crippen molar-refractivity contribution < 1.29 is 18.7 Å². The Morgan fingerprint density at radius 1 is 1.25 bits per heavy atom. The van der Waals surface area contributed by atoms with Crippen molar-refractivity contribution in [2.45, 2.75) is 13.5 Å². The minimum Gasteiger partial charge on any atom is -0.378 e. The average Bonchev–Trinajstić information content (AvgIpc) is 2.72. The summed E-state index contributed by atoms with van der Waals surface area (Å²) in [6.45, 7) is 3.55. The summed E-state index contributed by atoms with van der Waals surface area (Å²) in [5.74, 6) is -0.693. The van der Waals surface area contributed by atoms with Crippen LogP contribution < -0.4 is 10.6 Å². The minimum atomic E-state index is -0.475. The zero-order valence-electron chi connectivity index (χ0n) is 15.7. The number of carbonyl (C=O) groups is 2. The Hall–Kier alpha value is -2.84. The van der Waals surface area contributed by atoms with Crippen LogP contribution in [-0.2, 0) is 11.3 Å². The highest BCUT2D eigenvalue weighted by Gasteiger charge is 2.26. The number of aromatic nitrogens is 1. The quantitative estimate of drug-likeness (QED) is 0.796. The molecule has 1 aliphatic rings. The first-order valence-corrected chi connectivity index (χ1v) is 9.08. The second-order valence-corrected chi connectivity index (χ2v) is 6.59. The van der Waals surface area contributed by atoms with Gasteiger partial charge in [0.15, 0.2) is 5.78 Å². The molecule has 0 bridgehead atoms. The van der Waals surface area contributed by atoms with E-state index in [1.54, 1.807) is 36.1 Å². The number of nitrogens with zero attached hydrogens (tertiary/aromatic N) is 3. The molecule has 0 unspecified atom stereocenters. The lowest BCUT2D eigenvalue weighted by molar-refractivity contribution is 0.0547. The second kappa shape index (κ2) is 8.90. The molecule has 0 aliphatic carbocycles. The van der Waals surface area contributed by atoms with Crippen molar-refractivity contribution >= 4 is 17.5 Å². The molecule has 2 aromatic rings. The van der Waals surface area contributed by atoms with Gasteiger partial charge in [-0.05, 0) is 36.8 Å². The minimum absolute atomic E-state index is 0.0767. The number of nitrogens with two attached hydrogens (primary N) is 1. The van der Waals surface area contributed by atoms with E-state index in [1.165, 1.54) is 17.2 Å². The SMILES string of the molecule is Cc1ccc(N(Cc2ccc(C(=O)CN)cn2)C(=O)N2CCOCC2)c(F)c1. The molecule has 0 atom stereocenters. The van der Waals surface area contributed by atoms with Crippen LogP contribution in [-0.4, -0.2) is 54.5 Å². The Labute approximate surface area is 162 Å². The van der Waals surface area contributed by atoms with Gasteiger partial charge >= 0.3 is 6.03 Å². The molecule has 2 N–H and O–H groups in total. The Morgan fingerprint density at radius 2 is 2.00 bits per heavy atom. The van der Waals surface area contributed by atoms with E-state index >= 15 is 0 Å². The molecule has 0 radical (unpaired) electrons. The molecule has 2 amide bonds. The molecule has 2 heterocycles. The maximum atomic E-state index is 14.6. The lowest BCUT2D eigenvalue weighted by Gasteiger charge is -2.33. The molecule has 1 saturated heterocycles. The average molecular weight is 386 g/mol. The Morgan fingerprint density at radius 3 is 2.61 bits per heavy atom. The van der Waals surface area contributed by atoms with Crippen molar-refractivity contribution in [3.8, 4) is 0 Å². The van der Waals surface area contributed by atoms with Crippen LogP contribution in [0.1, 0.15) is 21.6 Å². The summed E-state index contributed by atoms with van der Waals surface area (Å²) in [5.41, 5.74) is 7.25. The van der Waals surface area contributed by atoms with Crippen molar-refractivity contribution in [1.82, 2.24) is 9.88 Å². The lowest BCUT2D eigenvalue weighted by atomic mass is 10.1. The van der Waals surface area contributed by atoms with Gasteiger partial charge in [0, 0.05) is 24.8 Å². The highest BCUT2D eigenvalue weighted by molar-refractivity contribution is 5.97. The van der Waals surface area contributed by atoms with E-state index in [-0.39, 0.29) is 30.6 Å². The molecular weight excluding hydrogens is 363 g/mol. The molecule has 3 rings (SSSR count). The van der Waals surface area contributed by atoms with Crippen LogP contribution in [0.15, 0.2) is 36.5 Å². The molecule has 1 aromatic carbocycles. The van der Waals surface area contributed by atoms with Gasteiger partial charge in [0.05, 0.1) is 37.7 Å². The monoisotopic (exact) mass is 386 g/mol. The number of rotatable bonds is 5. The smallest absolute Gasteiger partial charge is 0.325 e. The van der Waals surface area contributed by atoms with Crippen molar-refractivity contribution in [2.75, 3.05) is 37.7 Å². The van der Waals surface area contributed by atoms with E-state index in [2.05, 4.69) is 4.98 Å². The molecule has 8 heteroatoms. The van der Waals surface area contributed by atoms with Gasteiger partial charge in [0.1, 0.15) is 5.82 Å². The van der Waals surface area contributed by atoms with Gasteiger partial charge in [0.25, 0.3) is 0 Å². The van der Waals surface area contributed by atoms with E-state index in [9.17, 15) is 14.0 Å². The number of ether oxygens (including phenoxy) is 1. The maximum absolute atomic E-state index is 14.6. The van der Waals surface area contributed by atoms with Crippen LogP contribution in [0.2, 0.25) is 0 Å². The number of carbonyl (C=O) groups excluding carboxylic acids is 2. The molecule has 1 fully saturated rings. The van der Waals surface area contributed by atoms with E-state index in [0.717, 1.165) is 5.56 Å². The van der Waals surface area contributed by atoms with Gasteiger partial charge in [-0.25, -0.2) is 9.18 Å². The van der Waals surface area contributed by atoms with E-state index < -0.39 is 5.82 Å². The fraction of sp³-hybridized carbons (Fsp3) is 0.350. The number of amides is 2. The molecule has 0 saturated carbocycles. The summed E-state index contributed by atoms with van der Waals surface area (Å²) in [5, 5.41) is 0. The van der Waals surface area contributed by atoms with Gasteiger partial charge < -0.3 is 15.4 Å². The van der Waals surface area contributed by atoms with Crippen molar-refractivity contribution in [3.05, 3.63) is 59.2 Å². The first-order valence-electron chi connectivity index (χ1n) is 9.08. The Balaban J connectivity index is 1.89. The zero-order chi connectivity index (χ0) is 20.1. The lowest BCUT2D eigenvalue weighted by Crippen LogP contribution is -2.48. The van der Waals surface area contributed by atoms with Crippen molar-refractivity contribution in [3.63, 3.8) is 0 Å². The third kappa shape index (κ3) is 4.52. The Kier molecular flexibility index (Phi) is 6.33. The maximum Gasteiger partial charge on any atom is 0.325 e. The van der Waals surface area contributed by atoms with Gasteiger partial charge in [-0.2, -0.15) is 0 Å². The normalized spacial score (nSPS) is 14.0. The molecule has 0 spiro atoms. The largest absolute Gasteiger partial charge is 0.378 e. The Bertz CT molecular complexity index is 851. The highest BCUT2D eigenvalue weighted by Crippen LogP contribution is 2.24. The second-order valence-electron chi connectivity index (χ2n) is 6.59. The molecule has 1 aliphatic heterocycles. The third-order valence-electron chi connectivity index (χ3n) is 4.56. The number of anilines is 1. The molecule has 1 aromatic heterocycles. The van der Waals surface area contributed by atoms with Gasteiger partial charge in [-0.15, -0.1) is 0 Å². The number of hydrogen-bond acceptors (Lipinski definition) is 5. The summed E-state index contributed by atoms with van der Waals surface area (Å²) in [7, 11) is 0. The van der Waals surface area contributed by atoms with Crippen molar-refractivity contribution in [1.29, 1.82) is 0 Å². The predicted octanol–water partition coefficient (Wildman–Crippen LogP) is 2.13. The topological polar surface area (TPSA) is 88.8 Å². The number of aryl methyl sites for hydroxylation is 1. The molecule has 28 heavy (non-hydrogen) atoms. The van der Waals surface area contributed by atoms with E-state index in [4.69, 9.17) is 10.5 Å². The summed E-state index contributed by atoms with van der Waals surface area (Å²) < 4.78 is 19.9. The standard InChI is InChI=1S/C20H23FN4O3/c1-14-2-5-18(17(21)10-14)25(20(27)24-6-8-28-9-7-24)13-16-4-3-15(12-23-16)19(26)11-22/h2-5,10,12H,6-9,11,13,22H2,1H3. The number of urea groups is 1. The number of halogens is 1. The highest BCUT2D eigenvalue weighted by atomic mass is 19.1. The van der Waals surface area contributed by atoms with Crippen LogP contribution in [0.4, 0.5) is 14.9 Å². The van der Waals surface area contributed by atoms with Gasteiger partial charge in [-0.3, -0.25) is 14.7 Å². The number of benzene rings is 1. The molecule has 7 nitrogen and oxygen atoms in total. The summed E-state index contributed by atoms with van der Waals surface area (Å²) >= 11 is 0. The first kappa shape index (κ1) is 19.9. The number of morpholine rings is 1. The van der Waals surface area contributed by atoms with Crippen LogP contribution in [0.5, 0.6) is 0 Å². The van der Waals surface area contributed by atoms with Crippen LogP contribution in [0, 0.1) is 12.7 Å². The molecule has 148 valence electrons. The number of Topliss-reactive ketones (excluding diaryl/α,β-unsaturated/α-hetero) is 1. The summed E-state index contributed by atoms with van der Waals surface area (Å²) in [4.78, 5) is 32.0. The number of hydrogen-bond donors (Lipinski definition) is 1. The first-order chi connectivity index (χ1) is 13.5.